The van der Waals surface area contributed by atoms with Crippen LogP contribution in [0, 0.1) is 0 Å². The maximum Gasteiger partial charge on any atom is 0.416 e. The molecule has 1 saturated heterocycles. The maximum atomic E-state index is 12.8. The predicted molar refractivity (Wildman–Crippen MR) is 82.0 cm³/mol. The van der Waals surface area contributed by atoms with Crippen LogP contribution in [-0.2, 0) is 11.0 Å². The van der Waals surface area contributed by atoms with Crippen LogP contribution in [0.1, 0.15) is 12.0 Å². The van der Waals surface area contributed by atoms with Gasteiger partial charge in [0.05, 0.1) is 17.1 Å². The van der Waals surface area contributed by atoms with Gasteiger partial charge in [-0.15, -0.1) is 11.8 Å². The molecule has 0 saturated carbocycles. The highest BCUT2D eigenvalue weighted by atomic mass is 32.2. The van der Waals surface area contributed by atoms with Gasteiger partial charge >= 0.3 is 6.18 Å². The number of amides is 1. The smallest absolute Gasteiger partial charge is 0.368 e. The molecule has 23 heavy (non-hydrogen) atoms. The van der Waals surface area contributed by atoms with Crippen LogP contribution in [0.15, 0.2) is 35.4 Å². The number of nitrogens with two attached hydrogens (primary N) is 1. The van der Waals surface area contributed by atoms with Crippen molar-refractivity contribution in [3.05, 3.63) is 36.0 Å². The second-order valence-electron chi connectivity index (χ2n) is 5.38. The van der Waals surface area contributed by atoms with Crippen molar-refractivity contribution in [2.24, 2.45) is 5.73 Å². The molecule has 1 amide bonds. The molecule has 3 rings (SSSR count). The fourth-order valence-electron chi connectivity index (χ4n) is 2.59. The van der Waals surface area contributed by atoms with Crippen molar-refractivity contribution in [2.75, 3.05) is 6.54 Å². The minimum Gasteiger partial charge on any atom is -0.368 e. The number of halogens is 3. The Balaban J connectivity index is 1.86. The summed E-state index contributed by atoms with van der Waals surface area (Å²) in [7, 11) is 0. The Morgan fingerprint density at radius 3 is 2.78 bits per heavy atom. The number of nitrogens with zero attached hydrogens (tertiary/aromatic N) is 1. The van der Waals surface area contributed by atoms with Crippen LogP contribution in [0.2, 0.25) is 0 Å². The summed E-state index contributed by atoms with van der Waals surface area (Å²) in [6, 6.07) is 4.99. The van der Waals surface area contributed by atoms with Crippen molar-refractivity contribution in [1.82, 2.24) is 10.3 Å². The lowest BCUT2D eigenvalue weighted by molar-refractivity contribution is -0.137. The first kappa shape index (κ1) is 16.1. The third-order valence-corrected chi connectivity index (χ3v) is 5.06. The SMILES string of the molecule is NC(=O)C1CC(Sc2ccnc3cc(C(F)(F)F)ccc23)CN1. The summed E-state index contributed by atoms with van der Waals surface area (Å²) in [6.45, 7) is 0.628. The van der Waals surface area contributed by atoms with E-state index in [1.54, 1.807) is 6.07 Å². The van der Waals surface area contributed by atoms with Crippen LogP contribution in [0.5, 0.6) is 0 Å². The molecule has 0 spiro atoms. The minimum absolute atomic E-state index is 0.139. The molecule has 1 aromatic heterocycles. The number of carbonyl (C=O) groups is 1. The maximum absolute atomic E-state index is 12.8. The van der Waals surface area contributed by atoms with Crippen LogP contribution in [0.25, 0.3) is 10.9 Å². The van der Waals surface area contributed by atoms with Gasteiger partial charge in [-0.1, -0.05) is 6.07 Å². The topological polar surface area (TPSA) is 68.0 Å². The molecule has 2 aromatic rings. The fourth-order valence-corrected chi connectivity index (χ4v) is 3.86. The zero-order valence-electron chi connectivity index (χ0n) is 11.9. The number of primary amides is 1. The van der Waals surface area contributed by atoms with E-state index in [1.165, 1.54) is 24.0 Å². The molecular weight excluding hydrogens is 327 g/mol. The zero-order chi connectivity index (χ0) is 16.6. The second kappa shape index (κ2) is 6.01. The van der Waals surface area contributed by atoms with Gasteiger partial charge in [0, 0.05) is 28.3 Å². The highest BCUT2D eigenvalue weighted by Gasteiger charge is 2.31. The molecule has 0 bridgehead atoms. The Morgan fingerprint density at radius 1 is 1.35 bits per heavy atom. The van der Waals surface area contributed by atoms with E-state index in [2.05, 4.69) is 10.3 Å². The molecule has 1 aromatic carbocycles. The number of carbonyl (C=O) groups excluding carboxylic acids is 1. The Labute approximate surface area is 134 Å². The fraction of sp³-hybridized carbons (Fsp3) is 0.333. The minimum atomic E-state index is -4.39. The number of nitrogens with one attached hydrogen (secondary N) is 1. The zero-order valence-corrected chi connectivity index (χ0v) is 12.7. The average Bonchev–Trinajstić information content (AvgIpc) is 2.95. The molecule has 0 radical (unpaired) electrons. The Morgan fingerprint density at radius 2 is 2.13 bits per heavy atom. The number of hydrogen-bond acceptors (Lipinski definition) is 4. The summed E-state index contributed by atoms with van der Waals surface area (Å²) >= 11 is 1.52. The lowest BCUT2D eigenvalue weighted by Gasteiger charge is -2.12. The number of pyridine rings is 1. The first-order chi connectivity index (χ1) is 10.8. The van der Waals surface area contributed by atoms with Crippen LogP contribution in [0.4, 0.5) is 13.2 Å². The normalized spacial score (nSPS) is 21.7. The molecule has 122 valence electrons. The van der Waals surface area contributed by atoms with Crippen molar-refractivity contribution >= 4 is 28.6 Å². The molecule has 4 nitrogen and oxygen atoms in total. The van der Waals surface area contributed by atoms with Crippen molar-refractivity contribution < 1.29 is 18.0 Å². The number of thioether (sulfide) groups is 1. The number of aromatic nitrogens is 1. The van der Waals surface area contributed by atoms with E-state index < -0.39 is 11.7 Å². The van der Waals surface area contributed by atoms with Crippen LogP contribution in [-0.4, -0.2) is 28.7 Å². The summed E-state index contributed by atoms with van der Waals surface area (Å²) in [4.78, 5) is 16.1. The number of benzene rings is 1. The van der Waals surface area contributed by atoms with Gasteiger partial charge in [-0.3, -0.25) is 9.78 Å². The predicted octanol–water partition coefficient (Wildman–Crippen LogP) is 2.56. The number of rotatable bonds is 3. The van der Waals surface area contributed by atoms with Gasteiger partial charge in [-0.05, 0) is 24.6 Å². The first-order valence-corrected chi connectivity index (χ1v) is 7.88. The van der Waals surface area contributed by atoms with Crippen molar-refractivity contribution in [3.8, 4) is 0 Å². The summed E-state index contributed by atoms with van der Waals surface area (Å²) < 4.78 is 38.3. The summed E-state index contributed by atoms with van der Waals surface area (Å²) in [5, 5.41) is 3.86. The Hall–Kier alpha value is -1.80. The summed E-state index contributed by atoms with van der Waals surface area (Å²) in [6.07, 6.45) is -2.29. The van der Waals surface area contributed by atoms with Crippen molar-refractivity contribution in [3.63, 3.8) is 0 Å². The molecule has 2 heterocycles. The van der Waals surface area contributed by atoms with Gasteiger partial charge in [0.25, 0.3) is 0 Å². The van der Waals surface area contributed by atoms with Gasteiger partial charge in [0.1, 0.15) is 0 Å². The Kier molecular flexibility index (Phi) is 4.20. The van der Waals surface area contributed by atoms with E-state index in [1.807, 2.05) is 0 Å². The van der Waals surface area contributed by atoms with Crippen LogP contribution < -0.4 is 11.1 Å². The van der Waals surface area contributed by atoms with E-state index in [9.17, 15) is 18.0 Å². The van der Waals surface area contributed by atoms with Crippen LogP contribution in [0.3, 0.4) is 0 Å². The molecule has 2 atom stereocenters. The second-order valence-corrected chi connectivity index (χ2v) is 6.72. The third kappa shape index (κ3) is 3.42. The lowest BCUT2D eigenvalue weighted by Crippen LogP contribution is -2.36. The van der Waals surface area contributed by atoms with E-state index in [0.29, 0.717) is 23.9 Å². The van der Waals surface area contributed by atoms with Gasteiger partial charge in [-0.25, -0.2) is 0 Å². The van der Waals surface area contributed by atoms with E-state index in [-0.39, 0.29) is 17.2 Å². The molecular formula is C15H14F3N3OS. The highest BCUT2D eigenvalue weighted by Crippen LogP contribution is 2.36. The molecule has 2 unspecified atom stereocenters. The van der Waals surface area contributed by atoms with Crippen molar-refractivity contribution in [1.29, 1.82) is 0 Å². The van der Waals surface area contributed by atoms with Gasteiger partial charge in [0.15, 0.2) is 0 Å². The van der Waals surface area contributed by atoms with Gasteiger partial charge in [-0.2, -0.15) is 13.2 Å². The highest BCUT2D eigenvalue weighted by molar-refractivity contribution is 8.00. The Bertz CT molecular complexity index is 750. The standard InChI is InChI=1S/C15H14F3N3OS/c16-15(17,18)8-1-2-10-11(5-8)20-4-3-13(10)23-9-6-12(14(19)22)21-7-9/h1-5,9,12,21H,6-7H2,(H2,19,22). The largest absolute Gasteiger partial charge is 0.416 e. The molecule has 0 aliphatic carbocycles. The number of hydrogen-bond donors (Lipinski definition) is 2. The van der Waals surface area contributed by atoms with E-state index >= 15 is 0 Å². The first-order valence-electron chi connectivity index (χ1n) is 7.00. The van der Waals surface area contributed by atoms with E-state index in [0.717, 1.165) is 17.0 Å². The summed E-state index contributed by atoms with van der Waals surface area (Å²) in [5.41, 5.74) is 4.87. The van der Waals surface area contributed by atoms with E-state index in [4.69, 9.17) is 5.73 Å². The molecule has 8 heteroatoms. The van der Waals surface area contributed by atoms with Crippen molar-refractivity contribution in [2.45, 2.75) is 28.8 Å². The molecule has 3 N–H and O–H groups in total. The monoisotopic (exact) mass is 341 g/mol. The molecule has 1 aliphatic heterocycles. The third-order valence-electron chi connectivity index (χ3n) is 3.76. The van der Waals surface area contributed by atoms with Gasteiger partial charge in [0.2, 0.25) is 5.91 Å². The van der Waals surface area contributed by atoms with Gasteiger partial charge < -0.3 is 11.1 Å². The van der Waals surface area contributed by atoms with Crippen LogP contribution >= 0.6 is 11.8 Å². The molecule has 1 aliphatic rings. The number of fused-ring (bicyclic) bond motifs is 1. The summed E-state index contributed by atoms with van der Waals surface area (Å²) in [5.74, 6) is -0.387. The average molecular weight is 341 g/mol. The molecule has 1 fully saturated rings. The quantitative estimate of drug-likeness (QED) is 0.900. The number of alkyl halides is 3. The lowest BCUT2D eigenvalue weighted by atomic mass is 10.1.